The van der Waals surface area contributed by atoms with Crippen LogP contribution < -0.4 is 5.32 Å². The van der Waals surface area contributed by atoms with Crippen molar-refractivity contribution in [2.75, 3.05) is 19.6 Å². The van der Waals surface area contributed by atoms with E-state index in [2.05, 4.69) is 24.1 Å². The number of hydrogen-bond donors (Lipinski definition) is 1. The lowest BCUT2D eigenvalue weighted by atomic mass is 10.0. The number of nitrogens with one attached hydrogen (secondary N) is 1. The minimum absolute atomic E-state index is 0.176. The second-order valence-electron chi connectivity index (χ2n) is 5.71. The summed E-state index contributed by atoms with van der Waals surface area (Å²) in [5, 5.41) is 3.45. The van der Waals surface area contributed by atoms with E-state index in [1.165, 1.54) is 0 Å². The van der Waals surface area contributed by atoms with E-state index in [4.69, 9.17) is 0 Å². The molecule has 3 nitrogen and oxygen atoms in total. The molecule has 1 atom stereocenters. The molecule has 1 heterocycles. The van der Waals surface area contributed by atoms with Crippen LogP contribution in [-0.2, 0) is 0 Å². The van der Waals surface area contributed by atoms with Gasteiger partial charge in [-0.1, -0.05) is 32.0 Å². The number of carbonyl (C=O) groups is 1. The van der Waals surface area contributed by atoms with Crippen LogP contribution in [0.4, 0.5) is 0 Å². The topological polar surface area (TPSA) is 32.3 Å². The van der Waals surface area contributed by atoms with Gasteiger partial charge in [0.05, 0.1) is 0 Å². The van der Waals surface area contributed by atoms with Gasteiger partial charge in [-0.25, -0.2) is 0 Å². The summed E-state index contributed by atoms with van der Waals surface area (Å²) < 4.78 is 0. The highest BCUT2D eigenvalue weighted by atomic mass is 16.2. The van der Waals surface area contributed by atoms with Gasteiger partial charge < -0.3 is 10.2 Å². The molecule has 0 bridgehead atoms. The van der Waals surface area contributed by atoms with Gasteiger partial charge in [0.1, 0.15) is 0 Å². The predicted molar refractivity (Wildman–Crippen MR) is 78.2 cm³/mol. The first kappa shape index (κ1) is 14.1. The molecule has 3 heteroatoms. The van der Waals surface area contributed by atoms with Crippen molar-refractivity contribution in [3.05, 3.63) is 35.9 Å². The second-order valence-corrected chi connectivity index (χ2v) is 5.71. The highest BCUT2D eigenvalue weighted by molar-refractivity contribution is 5.94. The summed E-state index contributed by atoms with van der Waals surface area (Å²) in [5.41, 5.74) is 0.804. The van der Waals surface area contributed by atoms with E-state index in [1.54, 1.807) is 0 Å². The van der Waals surface area contributed by atoms with Gasteiger partial charge in [0.2, 0.25) is 0 Å². The summed E-state index contributed by atoms with van der Waals surface area (Å²) in [5.74, 6) is 0.783. The van der Waals surface area contributed by atoms with Gasteiger partial charge in [-0.2, -0.15) is 0 Å². The third-order valence-corrected chi connectivity index (χ3v) is 3.60. The van der Waals surface area contributed by atoms with E-state index in [1.807, 2.05) is 30.3 Å². The molecule has 19 heavy (non-hydrogen) atoms. The maximum atomic E-state index is 12.6. The summed E-state index contributed by atoms with van der Waals surface area (Å²) >= 11 is 0. The van der Waals surface area contributed by atoms with Crippen molar-refractivity contribution in [2.24, 2.45) is 5.92 Å². The van der Waals surface area contributed by atoms with Crippen LogP contribution in [-0.4, -0.2) is 36.5 Å². The van der Waals surface area contributed by atoms with E-state index in [0.717, 1.165) is 38.0 Å². The van der Waals surface area contributed by atoms with Crippen LogP contribution in [0.2, 0.25) is 0 Å². The van der Waals surface area contributed by atoms with Gasteiger partial charge in [-0.15, -0.1) is 0 Å². The van der Waals surface area contributed by atoms with Crippen molar-refractivity contribution < 1.29 is 4.79 Å². The number of benzene rings is 1. The third kappa shape index (κ3) is 3.80. The Morgan fingerprint density at radius 3 is 2.79 bits per heavy atom. The highest BCUT2D eigenvalue weighted by Gasteiger charge is 2.26. The Balaban J connectivity index is 2.15. The molecule has 0 aliphatic carbocycles. The predicted octanol–water partition coefficient (Wildman–Crippen LogP) is 2.54. The largest absolute Gasteiger partial charge is 0.334 e. The van der Waals surface area contributed by atoms with E-state index >= 15 is 0 Å². The third-order valence-electron chi connectivity index (χ3n) is 3.60. The lowest BCUT2D eigenvalue weighted by molar-refractivity contribution is 0.0673. The minimum atomic E-state index is 0.176. The number of carbonyl (C=O) groups excluding carboxylic acids is 1. The van der Waals surface area contributed by atoms with E-state index in [-0.39, 0.29) is 5.91 Å². The Morgan fingerprint density at radius 1 is 1.37 bits per heavy atom. The first-order chi connectivity index (χ1) is 9.18. The quantitative estimate of drug-likeness (QED) is 0.906. The molecule has 1 unspecified atom stereocenters. The molecule has 1 amide bonds. The second kappa shape index (κ2) is 6.71. The van der Waals surface area contributed by atoms with Gasteiger partial charge >= 0.3 is 0 Å². The van der Waals surface area contributed by atoms with Gasteiger partial charge in [0.15, 0.2) is 0 Å². The molecule has 0 aromatic heterocycles. The maximum Gasteiger partial charge on any atom is 0.254 e. The lowest BCUT2D eigenvalue weighted by Gasteiger charge is -2.31. The monoisotopic (exact) mass is 260 g/mol. The number of hydrogen-bond acceptors (Lipinski definition) is 2. The summed E-state index contributed by atoms with van der Waals surface area (Å²) in [6.45, 7) is 7.22. The van der Waals surface area contributed by atoms with E-state index < -0.39 is 0 Å². The van der Waals surface area contributed by atoms with Crippen LogP contribution in [0.25, 0.3) is 0 Å². The molecule has 1 fully saturated rings. The molecule has 1 aliphatic heterocycles. The zero-order chi connectivity index (χ0) is 13.7. The Labute approximate surface area is 116 Å². The summed E-state index contributed by atoms with van der Waals surface area (Å²) in [4.78, 5) is 14.7. The molecule has 1 aliphatic rings. The fourth-order valence-corrected chi connectivity index (χ4v) is 2.70. The van der Waals surface area contributed by atoms with Crippen molar-refractivity contribution in [1.82, 2.24) is 10.2 Å². The SMILES string of the molecule is CC(C)CC1CNCCCN1C(=O)c1ccccc1. The normalized spacial score (nSPS) is 20.4. The molecular formula is C16H24N2O. The van der Waals surface area contributed by atoms with Gasteiger partial charge in [-0.05, 0) is 37.4 Å². The summed E-state index contributed by atoms with van der Waals surface area (Å²) in [6, 6.07) is 9.95. The van der Waals surface area contributed by atoms with Crippen molar-refractivity contribution in [1.29, 1.82) is 0 Å². The van der Waals surface area contributed by atoms with Gasteiger partial charge in [-0.3, -0.25) is 4.79 Å². The maximum absolute atomic E-state index is 12.6. The Hall–Kier alpha value is -1.35. The molecule has 0 spiro atoms. The highest BCUT2D eigenvalue weighted by Crippen LogP contribution is 2.17. The van der Waals surface area contributed by atoms with Crippen molar-refractivity contribution >= 4 is 5.91 Å². The molecule has 1 aromatic rings. The van der Waals surface area contributed by atoms with Crippen molar-refractivity contribution in [3.8, 4) is 0 Å². The molecule has 104 valence electrons. The first-order valence-corrected chi connectivity index (χ1v) is 7.25. The fraction of sp³-hybridized carbons (Fsp3) is 0.562. The average Bonchev–Trinajstić information content (AvgIpc) is 2.64. The number of amides is 1. The van der Waals surface area contributed by atoms with E-state index in [0.29, 0.717) is 12.0 Å². The molecule has 2 rings (SSSR count). The van der Waals surface area contributed by atoms with Crippen LogP contribution in [0.5, 0.6) is 0 Å². The molecule has 1 aromatic carbocycles. The standard InChI is InChI=1S/C16H24N2O/c1-13(2)11-15-12-17-9-6-10-18(15)16(19)14-7-4-3-5-8-14/h3-5,7-8,13,15,17H,6,9-12H2,1-2H3. The van der Waals surface area contributed by atoms with Crippen molar-refractivity contribution in [2.45, 2.75) is 32.7 Å². The van der Waals surface area contributed by atoms with E-state index in [9.17, 15) is 4.79 Å². The first-order valence-electron chi connectivity index (χ1n) is 7.25. The van der Waals surface area contributed by atoms with Crippen LogP contribution >= 0.6 is 0 Å². The van der Waals surface area contributed by atoms with Crippen molar-refractivity contribution in [3.63, 3.8) is 0 Å². The summed E-state index contributed by atoms with van der Waals surface area (Å²) in [7, 11) is 0. The average molecular weight is 260 g/mol. The zero-order valence-electron chi connectivity index (χ0n) is 11.9. The lowest BCUT2D eigenvalue weighted by Crippen LogP contribution is -2.44. The van der Waals surface area contributed by atoms with Gasteiger partial charge in [0.25, 0.3) is 5.91 Å². The number of rotatable bonds is 3. The fourth-order valence-electron chi connectivity index (χ4n) is 2.70. The Morgan fingerprint density at radius 2 is 2.11 bits per heavy atom. The van der Waals surface area contributed by atoms with Crippen LogP contribution in [0, 0.1) is 5.92 Å². The molecule has 0 radical (unpaired) electrons. The number of nitrogens with zero attached hydrogens (tertiary/aromatic N) is 1. The Kier molecular flexibility index (Phi) is 4.97. The van der Waals surface area contributed by atoms with Crippen LogP contribution in [0.1, 0.15) is 37.0 Å². The summed E-state index contributed by atoms with van der Waals surface area (Å²) in [6.07, 6.45) is 2.10. The molecule has 0 saturated carbocycles. The Bertz CT molecular complexity index is 402. The van der Waals surface area contributed by atoms with Crippen LogP contribution in [0.3, 0.4) is 0 Å². The molecule has 1 N–H and O–H groups in total. The smallest absolute Gasteiger partial charge is 0.254 e. The van der Waals surface area contributed by atoms with Gasteiger partial charge in [0, 0.05) is 24.7 Å². The molecular weight excluding hydrogens is 236 g/mol. The van der Waals surface area contributed by atoms with Crippen LogP contribution in [0.15, 0.2) is 30.3 Å². The molecule has 1 saturated heterocycles. The zero-order valence-corrected chi connectivity index (χ0v) is 11.9. The minimum Gasteiger partial charge on any atom is -0.334 e.